The van der Waals surface area contributed by atoms with Gasteiger partial charge in [0.15, 0.2) is 6.10 Å². The van der Waals surface area contributed by atoms with Gasteiger partial charge in [-0.3, -0.25) is 14.4 Å². The topological polar surface area (TPSA) is 155 Å². The number of aliphatic carboxylic acids is 1. The number of aliphatic hydroxyl groups excluding tert-OH is 1. The lowest BCUT2D eigenvalue weighted by Crippen LogP contribution is -2.51. The molecular weight excluding hydrogens is 454 g/mol. The van der Waals surface area contributed by atoms with Crippen LogP contribution in [0.25, 0.3) is 10.9 Å². The van der Waals surface area contributed by atoms with Gasteiger partial charge in [-0.2, -0.15) is 0 Å². The second kappa shape index (κ2) is 10.3. The van der Waals surface area contributed by atoms with Crippen LogP contribution < -0.4 is 10.6 Å². The third kappa shape index (κ3) is 5.25. The highest BCUT2D eigenvalue weighted by Gasteiger charge is 2.30. The van der Waals surface area contributed by atoms with Gasteiger partial charge in [0.1, 0.15) is 6.54 Å². The van der Waals surface area contributed by atoms with E-state index in [4.69, 9.17) is 5.11 Å². The molecule has 1 aliphatic rings. The van der Waals surface area contributed by atoms with E-state index in [2.05, 4.69) is 15.6 Å². The van der Waals surface area contributed by atoms with Crippen LogP contribution >= 0.6 is 0 Å². The minimum absolute atomic E-state index is 0.0951. The number of carbonyl (C=O) groups is 4. The van der Waals surface area contributed by atoms with Crippen LogP contribution in [0.2, 0.25) is 0 Å². The van der Waals surface area contributed by atoms with Crippen LogP contribution in [-0.4, -0.2) is 81.5 Å². The molecule has 1 fully saturated rings. The van der Waals surface area contributed by atoms with Crippen molar-refractivity contribution in [3.63, 3.8) is 0 Å². The first-order valence-electron chi connectivity index (χ1n) is 11.0. The highest BCUT2D eigenvalue weighted by Crippen LogP contribution is 2.30. The fourth-order valence-electron chi connectivity index (χ4n) is 4.03. The predicted octanol–water partition coefficient (Wildman–Crippen LogP) is 1.39. The number of anilines is 1. The first-order valence-corrected chi connectivity index (χ1v) is 11.0. The normalized spacial score (nSPS) is 14.4. The molecule has 1 aromatic heterocycles. The van der Waals surface area contributed by atoms with Crippen LogP contribution in [0.5, 0.6) is 0 Å². The maximum Gasteiger partial charge on any atom is 0.323 e. The monoisotopic (exact) mass is 479 g/mol. The third-order valence-corrected chi connectivity index (χ3v) is 5.82. The molecule has 2 heterocycles. The van der Waals surface area contributed by atoms with Crippen LogP contribution in [0.3, 0.4) is 0 Å². The number of carboxylic acid groups (broad SMARTS) is 1. The Morgan fingerprint density at radius 2 is 1.63 bits per heavy atom. The molecule has 1 atom stereocenters. The Balaban J connectivity index is 1.41. The zero-order valence-corrected chi connectivity index (χ0v) is 18.7. The molecule has 0 aliphatic carbocycles. The average Bonchev–Trinajstić information content (AvgIpc) is 3.32. The van der Waals surface area contributed by atoms with Crippen LogP contribution in [0, 0.1) is 0 Å². The molecule has 0 radical (unpaired) electrons. The molecule has 11 heteroatoms. The molecular formula is C24H25N5O6. The number of rotatable bonds is 6. The summed E-state index contributed by atoms with van der Waals surface area (Å²) in [6, 6.07) is 13.2. The lowest BCUT2D eigenvalue weighted by molar-refractivity contribution is -0.142. The Kier molecular flexibility index (Phi) is 6.97. The van der Waals surface area contributed by atoms with Crippen molar-refractivity contribution in [2.45, 2.75) is 6.10 Å². The van der Waals surface area contributed by atoms with E-state index in [1.807, 2.05) is 6.07 Å². The fraction of sp³-hybridized carbons (Fsp3) is 0.250. The van der Waals surface area contributed by atoms with Crippen molar-refractivity contribution < 1.29 is 29.4 Å². The van der Waals surface area contributed by atoms with Crippen LogP contribution in [0.4, 0.5) is 10.5 Å². The molecule has 0 saturated carbocycles. The fourth-order valence-corrected chi connectivity index (χ4v) is 4.03. The van der Waals surface area contributed by atoms with Crippen molar-refractivity contribution in [3.05, 3.63) is 65.9 Å². The molecule has 0 bridgehead atoms. The van der Waals surface area contributed by atoms with Gasteiger partial charge in [-0.15, -0.1) is 0 Å². The summed E-state index contributed by atoms with van der Waals surface area (Å²) < 4.78 is 0. The highest BCUT2D eigenvalue weighted by molar-refractivity contribution is 6.02. The smallest absolute Gasteiger partial charge is 0.323 e. The molecule has 3 aromatic rings. The second-order valence-corrected chi connectivity index (χ2v) is 8.06. The summed E-state index contributed by atoms with van der Waals surface area (Å²) in [6.45, 7) is 0.787. The quantitative estimate of drug-likeness (QED) is 0.360. The number of aliphatic hydroxyl groups is 1. The number of piperazine rings is 1. The number of nitrogens with one attached hydrogen (secondary N) is 3. The number of carboxylic acids is 1. The summed E-state index contributed by atoms with van der Waals surface area (Å²) >= 11 is 0. The molecule has 11 nitrogen and oxygen atoms in total. The van der Waals surface area contributed by atoms with Gasteiger partial charge in [-0.25, -0.2) is 4.79 Å². The number of urea groups is 1. The number of carbonyl (C=O) groups excluding carboxylic acids is 3. The first-order chi connectivity index (χ1) is 16.8. The van der Waals surface area contributed by atoms with Crippen molar-refractivity contribution in [1.82, 2.24) is 20.1 Å². The van der Waals surface area contributed by atoms with Crippen molar-refractivity contribution in [2.24, 2.45) is 0 Å². The molecule has 4 rings (SSSR count). The van der Waals surface area contributed by atoms with Gasteiger partial charge in [0.2, 0.25) is 0 Å². The Morgan fingerprint density at radius 1 is 0.943 bits per heavy atom. The zero-order chi connectivity index (χ0) is 24.9. The minimum Gasteiger partial charge on any atom is -0.480 e. The Labute approximate surface area is 200 Å². The standard InChI is InChI=1S/C24H25N5O6/c30-19(31)14-26-24(35)27-18-8-4-7-16-17(13-25-20(16)18)21(32)23(34)29-11-9-28(10-12-29)22(33)15-5-2-1-3-6-15/h1-8,13,21,25,32H,9-12,14H2,(H,30,31)(H2,26,27,35). The van der Waals surface area contributed by atoms with Crippen LogP contribution in [-0.2, 0) is 9.59 Å². The maximum atomic E-state index is 13.0. The number of aromatic nitrogens is 1. The maximum absolute atomic E-state index is 13.0. The predicted molar refractivity (Wildman–Crippen MR) is 127 cm³/mol. The third-order valence-electron chi connectivity index (χ3n) is 5.82. The number of para-hydroxylation sites is 1. The number of amides is 4. The lowest BCUT2D eigenvalue weighted by Gasteiger charge is -2.35. The molecule has 2 aromatic carbocycles. The summed E-state index contributed by atoms with van der Waals surface area (Å²) in [4.78, 5) is 54.4. The van der Waals surface area contributed by atoms with E-state index in [1.165, 1.54) is 11.1 Å². The number of hydrogen-bond donors (Lipinski definition) is 5. The Morgan fingerprint density at radius 3 is 2.31 bits per heavy atom. The number of H-pyrrole nitrogens is 1. The molecule has 1 aliphatic heterocycles. The number of aromatic amines is 1. The van der Waals surface area contributed by atoms with E-state index in [9.17, 15) is 24.3 Å². The van der Waals surface area contributed by atoms with E-state index in [0.717, 1.165) is 0 Å². The van der Waals surface area contributed by atoms with E-state index in [-0.39, 0.29) is 5.91 Å². The number of fused-ring (bicyclic) bond motifs is 1. The lowest BCUT2D eigenvalue weighted by atomic mass is 10.1. The van der Waals surface area contributed by atoms with E-state index in [1.54, 1.807) is 47.4 Å². The Hall–Kier alpha value is -4.38. The molecule has 0 spiro atoms. The van der Waals surface area contributed by atoms with Crippen LogP contribution in [0.1, 0.15) is 22.0 Å². The number of nitrogens with zero attached hydrogens (tertiary/aromatic N) is 2. The first kappa shape index (κ1) is 23.8. The zero-order valence-electron chi connectivity index (χ0n) is 18.7. The molecule has 1 unspecified atom stereocenters. The Bertz CT molecular complexity index is 1250. The molecule has 35 heavy (non-hydrogen) atoms. The summed E-state index contributed by atoms with van der Waals surface area (Å²) in [5, 5.41) is 24.8. The van der Waals surface area contributed by atoms with Crippen LogP contribution in [0.15, 0.2) is 54.7 Å². The summed E-state index contributed by atoms with van der Waals surface area (Å²) in [7, 11) is 0. The summed E-state index contributed by atoms with van der Waals surface area (Å²) in [6.07, 6.45) is 0.0687. The van der Waals surface area contributed by atoms with Crippen molar-refractivity contribution >= 4 is 40.4 Å². The van der Waals surface area contributed by atoms with E-state index in [0.29, 0.717) is 53.9 Å². The van der Waals surface area contributed by atoms with Gasteiger partial charge < -0.3 is 35.6 Å². The van der Waals surface area contributed by atoms with Gasteiger partial charge in [-0.1, -0.05) is 30.3 Å². The van der Waals surface area contributed by atoms with Crippen molar-refractivity contribution in [1.29, 1.82) is 0 Å². The second-order valence-electron chi connectivity index (χ2n) is 8.06. The van der Waals surface area contributed by atoms with Gasteiger partial charge in [0, 0.05) is 48.9 Å². The SMILES string of the molecule is O=C(O)CNC(=O)Nc1cccc2c(C(O)C(=O)N3CCN(C(=O)c4ccccc4)CC3)c[nH]c12. The van der Waals surface area contributed by atoms with E-state index < -0.39 is 30.6 Å². The van der Waals surface area contributed by atoms with Crippen molar-refractivity contribution in [3.8, 4) is 0 Å². The van der Waals surface area contributed by atoms with Crippen molar-refractivity contribution in [2.75, 3.05) is 38.0 Å². The molecule has 182 valence electrons. The number of hydrogen-bond acceptors (Lipinski definition) is 5. The largest absolute Gasteiger partial charge is 0.480 e. The van der Waals surface area contributed by atoms with Gasteiger partial charge in [-0.05, 0) is 18.2 Å². The minimum atomic E-state index is -1.43. The van der Waals surface area contributed by atoms with Gasteiger partial charge in [0.25, 0.3) is 11.8 Å². The summed E-state index contributed by atoms with van der Waals surface area (Å²) in [5.74, 6) is -1.75. The molecule has 1 saturated heterocycles. The average molecular weight is 479 g/mol. The van der Waals surface area contributed by atoms with Gasteiger partial charge in [0.05, 0.1) is 11.2 Å². The highest BCUT2D eigenvalue weighted by atomic mass is 16.4. The van der Waals surface area contributed by atoms with E-state index >= 15 is 0 Å². The molecule has 4 amide bonds. The molecule has 5 N–H and O–H groups in total. The summed E-state index contributed by atoms with van der Waals surface area (Å²) in [5.41, 5.74) is 1.79. The van der Waals surface area contributed by atoms with Gasteiger partial charge >= 0.3 is 12.0 Å². The number of benzene rings is 2.